The molecule has 0 saturated carbocycles. The van der Waals surface area contributed by atoms with Crippen molar-refractivity contribution in [3.8, 4) is 0 Å². The van der Waals surface area contributed by atoms with Gasteiger partial charge in [-0.1, -0.05) is 0 Å². The molecule has 0 spiro atoms. The maximum atomic E-state index is 12.0. The van der Waals surface area contributed by atoms with E-state index in [9.17, 15) is 19.2 Å². The van der Waals surface area contributed by atoms with Gasteiger partial charge in [-0.2, -0.15) is 0 Å². The smallest absolute Gasteiger partial charge is 0.326 e. The van der Waals surface area contributed by atoms with Gasteiger partial charge in [-0.25, -0.2) is 4.79 Å². The Hall–Kier alpha value is -2.12. The van der Waals surface area contributed by atoms with Gasteiger partial charge in [-0.3, -0.25) is 19.3 Å². The van der Waals surface area contributed by atoms with Crippen LogP contribution in [0.25, 0.3) is 0 Å². The molecule has 1 N–H and O–H groups in total. The average molecular weight is 296 g/mol. The highest BCUT2D eigenvalue weighted by Crippen LogP contribution is 2.10. The summed E-state index contributed by atoms with van der Waals surface area (Å²) in [5.41, 5.74) is 0. The lowest BCUT2D eigenvalue weighted by Crippen LogP contribution is -2.38. The van der Waals surface area contributed by atoms with E-state index in [0.29, 0.717) is 19.5 Å². The molecule has 0 aromatic rings. The first-order chi connectivity index (χ1) is 9.99. The Balaban J connectivity index is 1.77. The van der Waals surface area contributed by atoms with Crippen molar-refractivity contribution in [3.05, 3.63) is 0 Å². The number of nitrogens with one attached hydrogen (secondary N) is 1. The second kappa shape index (κ2) is 6.55. The number of hydrogen-bond donors (Lipinski definition) is 1. The van der Waals surface area contributed by atoms with Crippen molar-refractivity contribution < 1.29 is 19.2 Å². The van der Waals surface area contributed by atoms with Gasteiger partial charge in [0.15, 0.2) is 0 Å². The second-order valence-corrected chi connectivity index (χ2v) is 5.31. The van der Waals surface area contributed by atoms with Crippen molar-refractivity contribution in [2.75, 3.05) is 39.8 Å². The Morgan fingerprint density at radius 3 is 2.67 bits per heavy atom. The number of urea groups is 1. The molecule has 2 saturated heterocycles. The standard InChI is InChI=1S/C13H20N4O4/c1-15-9-12(20)17(13(15)21)7-2-4-11(19)16-6-3-5-14-10(18)8-16/h2-9H2,1H3,(H,14,18). The molecule has 8 nitrogen and oxygen atoms in total. The van der Waals surface area contributed by atoms with Crippen LogP contribution >= 0.6 is 0 Å². The Morgan fingerprint density at radius 2 is 2.00 bits per heavy atom. The normalized spacial score (nSPS) is 19.9. The number of imide groups is 1. The molecule has 0 unspecified atom stereocenters. The molecule has 2 rings (SSSR count). The highest BCUT2D eigenvalue weighted by molar-refractivity contribution is 6.01. The summed E-state index contributed by atoms with van der Waals surface area (Å²) in [7, 11) is 1.57. The molecular formula is C13H20N4O4. The topological polar surface area (TPSA) is 90.0 Å². The van der Waals surface area contributed by atoms with E-state index in [1.54, 1.807) is 7.05 Å². The highest BCUT2D eigenvalue weighted by atomic mass is 16.2. The summed E-state index contributed by atoms with van der Waals surface area (Å²) < 4.78 is 0. The minimum absolute atomic E-state index is 0.0865. The number of amides is 5. The fourth-order valence-electron chi connectivity index (χ4n) is 2.45. The maximum Gasteiger partial charge on any atom is 0.326 e. The Morgan fingerprint density at radius 1 is 1.24 bits per heavy atom. The predicted octanol–water partition coefficient (Wildman–Crippen LogP) is -0.991. The largest absolute Gasteiger partial charge is 0.354 e. The van der Waals surface area contributed by atoms with Gasteiger partial charge >= 0.3 is 6.03 Å². The molecule has 5 amide bonds. The van der Waals surface area contributed by atoms with E-state index < -0.39 is 0 Å². The van der Waals surface area contributed by atoms with Crippen LogP contribution in [0.2, 0.25) is 0 Å². The second-order valence-electron chi connectivity index (χ2n) is 5.31. The highest BCUT2D eigenvalue weighted by Gasteiger charge is 2.33. The van der Waals surface area contributed by atoms with Crippen LogP contribution < -0.4 is 5.32 Å². The summed E-state index contributed by atoms with van der Waals surface area (Å²) in [5, 5.41) is 2.71. The molecule has 0 radical (unpaired) electrons. The lowest BCUT2D eigenvalue weighted by atomic mass is 10.2. The Bertz CT molecular complexity index is 465. The molecule has 2 aliphatic rings. The molecule has 2 aliphatic heterocycles. The van der Waals surface area contributed by atoms with Crippen LogP contribution in [0.1, 0.15) is 19.3 Å². The minimum Gasteiger partial charge on any atom is -0.354 e. The zero-order chi connectivity index (χ0) is 15.4. The summed E-state index contributed by atoms with van der Waals surface area (Å²) in [6, 6.07) is -0.318. The van der Waals surface area contributed by atoms with Crippen molar-refractivity contribution in [2.24, 2.45) is 0 Å². The first-order valence-electron chi connectivity index (χ1n) is 7.09. The van der Waals surface area contributed by atoms with Gasteiger partial charge in [0.25, 0.3) is 0 Å². The fourth-order valence-corrected chi connectivity index (χ4v) is 2.45. The van der Waals surface area contributed by atoms with E-state index in [0.717, 1.165) is 6.42 Å². The molecule has 0 aromatic heterocycles. The summed E-state index contributed by atoms with van der Waals surface area (Å²) >= 11 is 0. The number of carbonyl (C=O) groups excluding carboxylic acids is 4. The van der Waals surface area contributed by atoms with E-state index in [1.807, 2.05) is 0 Å². The molecule has 0 aromatic carbocycles. The first-order valence-corrected chi connectivity index (χ1v) is 7.09. The van der Waals surface area contributed by atoms with Crippen LogP contribution in [-0.2, 0) is 14.4 Å². The Kier molecular flexibility index (Phi) is 4.77. The van der Waals surface area contributed by atoms with Gasteiger partial charge in [0.05, 0.1) is 6.54 Å². The van der Waals surface area contributed by atoms with Crippen molar-refractivity contribution in [1.82, 2.24) is 20.0 Å². The summed E-state index contributed by atoms with van der Waals surface area (Å²) in [4.78, 5) is 50.7. The van der Waals surface area contributed by atoms with Gasteiger partial charge in [0.1, 0.15) is 6.54 Å². The van der Waals surface area contributed by atoms with Crippen LogP contribution in [0.5, 0.6) is 0 Å². The molecular weight excluding hydrogens is 276 g/mol. The molecule has 2 fully saturated rings. The van der Waals surface area contributed by atoms with Crippen LogP contribution in [0.3, 0.4) is 0 Å². The molecule has 2 heterocycles. The fraction of sp³-hybridized carbons (Fsp3) is 0.692. The maximum absolute atomic E-state index is 12.0. The summed E-state index contributed by atoms with van der Waals surface area (Å²) in [6.45, 7) is 1.57. The number of rotatable bonds is 4. The Labute approximate surface area is 123 Å². The lowest BCUT2D eigenvalue weighted by molar-refractivity contribution is -0.135. The predicted molar refractivity (Wildman–Crippen MR) is 73.2 cm³/mol. The SMILES string of the molecule is CN1CC(=O)N(CCCC(=O)N2CCCNC(=O)C2)C1=O. The molecule has 8 heteroatoms. The third-order valence-corrected chi connectivity index (χ3v) is 3.62. The van der Waals surface area contributed by atoms with Crippen molar-refractivity contribution in [2.45, 2.75) is 19.3 Å². The number of nitrogens with zero attached hydrogens (tertiary/aromatic N) is 3. The van der Waals surface area contributed by atoms with Crippen molar-refractivity contribution >= 4 is 23.8 Å². The van der Waals surface area contributed by atoms with Crippen LogP contribution in [0.4, 0.5) is 4.79 Å². The molecule has 0 bridgehead atoms. The number of carbonyl (C=O) groups is 4. The summed E-state index contributed by atoms with van der Waals surface area (Å²) in [6.07, 6.45) is 1.39. The van der Waals surface area contributed by atoms with Crippen molar-refractivity contribution in [3.63, 3.8) is 0 Å². The van der Waals surface area contributed by atoms with Crippen LogP contribution in [0.15, 0.2) is 0 Å². The van der Waals surface area contributed by atoms with Gasteiger partial charge < -0.3 is 15.1 Å². The molecule has 0 atom stereocenters. The van der Waals surface area contributed by atoms with Crippen molar-refractivity contribution in [1.29, 1.82) is 0 Å². The van der Waals surface area contributed by atoms with Gasteiger partial charge in [-0.05, 0) is 12.8 Å². The van der Waals surface area contributed by atoms with E-state index in [-0.39, 0.29) is 49.8 Å². The van der Waals surface area contributed by atoms with E-state index in [4.69, 9.17) is 0 Å². The van der Waals surface area contributed by atoms with Crippen LogP contribution in [-0.4, -0.2) is 78.2 Å². The van der Waals surface area contributed by atoms with Gasteiger partial charge in [-0.15, -0.1) is 0 Å². The van der Waals surface area contributed by atoms with Gasteiger partial charge in [0, 0.05) is 33.1 Å². The minimum atomic E-state index is -0.318. The molecule has 0 aliphatic carbocycles. The third kappa shape index (κ3) is 3.71. The third-order valence-electron chi connectivity index (χ3n) is 3.62. The van der Waals surface area contributed by atoms with Gasteiger partial charge in [0.2, 0.25) is 17.7 Å². The van der Waals surface area contributed by atoms with E-state index >= 15 is 0 Å². The van der Waals surface area contributed by atoms with E-state index in [1.165, 1.54) is 14.7 Å². The summed E-state index contributed by atoms with van der Waals surface area (Å²) in [5.74, 6) is -0.490. The monoisotopic (exact) mass is 296 g/mol. The first kappa shape index (κ1) is 15.3. The molecule has 116 valence electrons. The van der Waals surface area contributed by atoms with Crippen LogP contribution in [0, 0.1) is 0 Å². The number of hydrogen-bond acceptors (Lipinski definition) is 4. The quantitative estimate of drug-likeness (QED) is 0.674. The average Bonchev–Trinajstić information content (AvgIpc) is 2.61. The van der Waals surface area contributed by atoms with E-state index in [2.05, 4.69) is 5.32 Å². The zero-order valence-corrected chi connectivity index (χ0v) is 12.1. The lowest BCUT2D eigenvalue weighted by Gasteiger charge is -2.19. The zero-order valence-electron chi connectivity index (χ0n) is 12.1. The number of likely N-dealkylation sites (N-methyl/N-ethyl adjacent to an activating group) is 1. The molecule has 21 heavy (non-hydrogen) atoms.